The standard InChI is InChI=1S/C17H19ClN4S2/c18-17-2-1-15(24-17)11-20-6-8-21(9-7-20)13-22-5-3-16(19-22)14-4-10-23-12-14/h1-5,10,12H,6-9,11,13H2. The maximum absolute atomic E-state index is 6.01. The van der Waals surface area contributed by atoms with Crippen LogP contribution in [0.15, 0.2) is 41.2 Å². The average Bonchev–Trinajstić information content (AvgIpc) is 3.31. The molecule has 0 spiro atoms. The van der Waals surface area contributed by atoms with Crippen LogP contribution in [-0.2, 0) is 13.2 Å². The van der Waals surface area contributed by atoms with E-state index in [0.717, 1.165) is 49.4 Å². The van der Waals surface area contributed by atoms with Gasteiger partial charge >= 0.3 is 0 Å². The Morgan fingerprint density at radius 3 is 2.58 bits per heavy atom. The van der Waals surface area contributed by atoms with E-state index in [-0.39, 0.29) is 0 Å². The zero-order chi connectivity index (χ0) is 16.4. The van der Waals surface area contributed by atoms with Crippen LogP contribution in [0.25, 0.3) is 11.3 Å². The molecule has 4 heterocycles. The van der Waals surface area contributed by atoms with Gasteiger partial charge in [-0.2, -0.15) is 16.4 Å². The first-order valence-electron chi connectivity index (χ1n) is 8.01. The summed E-state index contributed by atoms with van der Waals surface area (Å²) in [5, 5.41) is 8.92. The topological polar surface area (TPSA) is 24.3 Å². The lowest BCUT2D eigenvalue weighted by molar-refractivity contribution is 0.0995. The van der Waals surface area contributed by atoms with E-state index in [1.165, 1.54) is 10.4 Å². The lowest BCUT2D eigenvalue weighted by Crippen LogP contribution is -2.46. The predicted octanol–water partition coefficient (Wildman–Crippen LogP) is 4.10. The van der Waals surface area contributed by atoms with Gasteiger partial charge in [0.05, 0.1) is 16.7 Å². The molecule has 1 aliphatic heterocycles. The number of rotatable bonds is 5. The Hall–Kier alpha value is -1.18. The number of halogens is 1. The van der Waals surface area contributed by atoms with Crippen molar-refractivity contribution < 1.29 is 0 Å². The van der Waals surface area contributed by atoms with Gasteiger partial charge in [0.1, 0.15) is 0 Å². The Labute approximate surface area is 154 Å². The summed E-state index contributed by atoms with van der Waals surface area (Å²) in [6, 6.07) is 8.33. The molecule has 0 atom stereocenters. The van der Waals surface area contributed by atoms with E-state index >= 15 is 0 Å². The molecule has 4 nitrogen and oxygen atoms in total. The molecule has 0 aliphatic carbocycles. The number of nitrogens with zero attached hydrogens (tertiary/aromatic N) is 4. The molecule has 0 aromatic carbocycles. The van der Waals surface area contributed by atoms with E-state index in [9.17, 15) is 0 Å². The number of hydrogen-bond donors (Lipinski definition) is 0. The van der Waals surface area contributed by atoms with Crippen LogP contribution in [0.2, 0.25) is 4.34 Å². The zero-order valence-corrected chi connectivity index (χ0v) is 15.7. The first-order chi connectivity index (χ1) is 11.8. The van der Waals surface area contributed by atoms with Gasteiger partial charge in [-0.1, -0.05) is 11.6 Å². The first-order valence-corrected chi connectivity index (χ1v) is 10.1. The van der Waals surface area contributed by atoms with Gasteiger partial charge in [0, 0.05) is 54.7 Å². The number of thiophene rings is 2. The fourth-order valence-corrected chi connectivity index (χ4v) is 4.74. The highest BCUT2D eigenvalue weighted by Gasteiger charge is 2.18. The summed E-state index contributed by atoms with van der Waals surface area (Å²) < 4.78 is 2.92. The van der Waals surface area contributed by atoms with Crippen molar-refractivity contribution in [2.75, 3.05) is 26.2 Å². The SMILES string of the molecule is Clc1ccc(CN2CCN(Cn3ccc(-c4ccsc4)n3)CC2)s1. The number of aromatic nitrogens is 2. The molecule has 1 saturated heterocycles. The maximum Gasteiger partial charge on any atom is 0.0932 e. The summed E-state index contributed by atoms with van der Waals surface area (Å²) in [6.07, 6.45) is 2.08. The molecule has 3 aromatic rings. The van der Waals surface area contributed by atoms with Gasteiger partial charge in [-0.15, -0.1) is 11.3 Å². The Balaban J connectivity index is 1.29. The molecular formula is C17H19ClN4S2. The number of hydrogen-bond acceptors (Lipinski definition) is 5. The molecule has 3 aromatic heterocycles. The van der Waals surface area contributed by atoms with Crippen LogP contribution >= 0.6 is 34.3 Å². The van der Waals surface area contributed by atoms with Crippen LogP contribution < -0.4 is 0 Å². The van der Waals surface area contributed by atoms with Crippen LogP contribution in [0.3, 0.4) is 0 Å². The molecule has 1 aliphatic rings. The molecule has 0 bridgehead atoms. The summed E-state index contributed by atoms with van der Waals surface area (Å²) >= 11 is 9.41. The Morgan fingerprint density at radius 2 is 1.88 bits per heavy atom. The highest BCUT2D eigenvalue weighted by atomic mass is 35.5. The first kappa shape index (κ1) is 16.3. The molecule has 0 unspecified atom stereocenters. The van der Waals surface area contributed by atoms with Gasteiger partial charge in [-0.25, -0.2) is 0 Å². The molecule has 0 saturated carbocycles. The van der Waals surface area contributed by atoms with Crippen LogP contribution in [0.1, 0.15) is 4.88 Å². The largest absolute Gasteiger partial charge is 0.296 e. The second-order valence-electron chi connectivity index (χ2n) is 5.99. The van der Waals surface area contributed by atoms with Crippen molar-refractivity contribution in [3.63, 3.8) is 0 Å². The van der Waals surface area contributed by atoms with E-state index < -0.39 is 0 Å². The Morgan fingerprint density at radius 1 is 1.04 bits per heavy atom. The monoisotopic (exact) mass is 378 g/mol. The van der Waals surface area contributed by atoms with E-state index in [1.54, 1.807) is 22.7 Å². The van der Waals surface area contributed by atoms with Crippen molar-refractivity contribution in [3.05, 3.63) is 50.4 Å². The fraction of sp³-hybridized carbons (Fsp3) is 0.353. The molecule has 0 radical (unpaired) electrons. The third-order valence-electron chi connectivity index (χ3n) is 4.28. The van der Waals surface area contributed by atoms with Gasteiger partial charge in [-0.3, -0.25) is 14.5 Å². The molecule has 7 heteroatoms. The van der Waals surface area contributed by atoms with Crippen molar-refractivity contribution in [2.24, 2.45) is 0 Å². The smallest absolute Gasteiger partial charge is 0.0932 e. The minimum absolute atomic E-state index is 0.864. The van der Waals surface area contributed by atoms with E-state index in [4.69, 9.17) is 16.7 Å². The third kappa shape index (κ3) is 3.90. The molecule has 4 rings (SSSR count). The van der Waals surface area contributed by atoms with Crippen molar-refractivity contribution >= 4 is 34.3 Å². The van der Waals surface area contributed by atoms with Gasteiger partial charge in [0.2, 0.25) is 0 Å². The van der Waals surface area contributed by atoms with Crippen LogP contribution in [0.4, 0.5) is 0 Å². The summed E-state index contributed by atoms with van der Waals surface area (Å²) in [6.45, 7) is 6.21. The fourth-order valence-electron chi connectivity index (χ4n) is 2.96. The molecular weight excluding hydrogens is 360 g/mol. The number of piperazine rings is 1. The lowest BCUT2D eigenvalue weighted by Gasteiger charge is -2.34. The Bertz CT molecular complexity index is 772. The summed E-state index contributed by atoms with van der Waals surface area (Å²) in [4.78, 5) is 6.31. The normalized spacial score (nSPS) is 16.7. The van der Waals surface area contributed by atoms with Crippen molar-refractivity contribution in [3.8, 4) is 11.3 Å². The minimum Gasteiger partial charge on any atom is -0.296 e. The van der Waals surface area contributed by atoms with E-state index in [2.05, 4.69) is 45.0 Å². The Kier molecular flexibility index (Phi) is 5.01. The van der Waals surface area contributed by atoms with Gasteiger partial charge in [0.25, 0.3) is 0 Å². The predicted molar refractivity (Wildman–Crippen MR) is 102 cm³/mol. The van der Waals surface area contributed by atoms with Crippen molar-refractivity contribution in [1.82, 2.24) is 19.6 Å². The molecule has 0 amide bonds. The quantitative estimate of drug-likeness (QED) is 0.668. The second kappa shape index (κ2) is 7.37. The summed E-state index contributed by atoms with van der Waals surface area (Å²) in [7, 11) is 0. The van der Waals surface area contributed by atoms with Crippen molar-refractivity contribution in [1.29, 1.82) is 0 Å². The highest BCUT2D eigenvalue weighted by Crippen LogP contribution is 2.23. The average molecular weight is 379 g/mol. The lowest BCUT2D eigenvalue weighted by atomic mass is 10.2. The van der Waals surface area contributed by atoms with Gasteiger partial charge in [-0.05, 0) is 29.6 Å². The van der Waals surface area contributed by atoms with E-state index in [0.29, 0.717) is 0 Å². The van der Waals surface area contributed by atoms with Gasteiger partial charge < -0.3 is 0 Å². The second-order valence-corrected chi connectivity index (χ2v) is 8.57. The maximum atomic E-state index is 6.01. The van der Waals surface area contributed by atoms with Gasteiger partial charge in [0.15, 0.2) is 0 Å². The molecule has 126 valence electrons. The van der Waals surface area contributed by atoms with Crippen LogP contribution in [0, 0.1) is 0 Å². The zero-order valence-electron chi connectivity index (χ0n) is 13.3. The summed E-state index contributed by atoms with van der Waals surface area (Å²) in [5.41, 5.74) is 2.27. The molecule has 24 heavy (non-hydrogen) atoms. The highest BCUT2D eigenvalue weighted by molar-refractivity contribution is 7.16. The van der Waals surface area contributed by atoms with Crippen LogP contribution in [-0.4, -0.2) is 45.8 Å². The minimum atomic E-state index is 0.864. The van der Waals surface area contributed by atoms with Crippen molar-refractivity contribution in [2.45, 2.75) is 13.2 Å². The van der Waals surface area contributed by atoms with E-state index in [1.807, 2.05) is 10.7 Å². The third-order valence-corrected chi connectivity index (χ3v) is 6.17. The summed E-state index contributed by atoms with van der Waals surface area (Å²) in [5.74, 6) is 0. The molecule has 0 N–H and O–H groups in total. The molecule has 1 fully saturated rings. The van der Waals surface area contributed by atoms with Crippen LogP contribution in [0.5, 0.6) is 0 Å².